The number of carbonyl (C=O) groups excluding carboxylic acids is 1. The second-order valence-corrected chi connectivity index (χ2v) is 16.1. The number of rotatable bonds is 8. The molecule has 0 radical (unpaired) electrons. The van der Waals surface area contributed by atoms with Gasteiger partial charge >= 0.3 is 0 Å². The number of amides is 1. The Morgan fingerprint density at radius 1 is 0.816 bits per heavy atom. The standard InChI is InChI=1S/C33H41NO3Si/c1-33(2,3)38(28-17-9-5-10-18-28,29-19-11-6-12-20-29)37-31-22-14-13-21-30(31)34-24-27(23-32(34)35)36-25-26-15-7-4-8-16-26/h4-12,15-20,27,30-31H,13-14,21-25H2,1-3H3/t27-,30+,31+/m1/s1. The van der Waals surface area contributed by atoms with Crippen molar-refractivity contribution in [3.63, 3.8) is 0 Å². The molecule has 38 heavy (non-hydrogen) atoms. The van der Waals surface area contributed by atoms with Crippen molar-refractivity contribution in [2.45, 2.75) is 82.8 Å². The Morgan fingerprint density at radius 2 is 1.37 bits per heavy atom. The summed E-state index contributed by atoms with van der Waals surface area (Å²) < 4.78 is 13.8. The highest BCUT2D eigenvalue weighted by Crippen LogP contribution is 2.40. The van der Waals surface area contributed by atoms with Crippen molar-refractivity contribution in [2.75, 3.05) is 6.54 Å². The molecular weight excluding hydrogens is 486 g/mol. The highest BCUT2D eigenvalue weighted by atomic mass is 28.4. The Balaban J connectivity index is 1.42. The van der Waals surface area contributed by atoms with Gasteiger partial charge in [0.05, 0.1) is 31.3 Å². The maximum Gasteiger partial charge on any atom is 0.261 e. The first-order valence-electron chi connectivity index (χ1n) is 14.1. The van der Waals surface area contributed by atoms with Crippen LogP contribution in [0.5, 0.6) is 0 Å². The van der Waals surface area contributed by atoms with E-state index < -0.39 is 8.32 Å². The lowest BCUT2D eigenvalue weighted by atomic mass is 9.91. The largest absolute Gasteiger partial charge is 0.402 e. The van der Waals surface area contributed by atoms with Crippen molar-refractivity contribution in [3.8, 4) is 0 Å². The van der Waals surface area contributed by atoms with E-state index in [-0.39, 0.29) is 29.2 Å². The van der Waals surface area contributed by atoms with Gasteiger partial charge in [-0.2, -0.15) is 0 Å². The van der Waals surface area contributed by atoms with E-state index >= 15 is 0 Å². The molecule has 5 rings (SSSR count). The molecule has 0 aromatic heterocycles. The average molecular weight is 528 g/mol. The van der Waals surface area contributed by atoms with Crippen molar-refractivity contribution in [1.29, 1.82) is 0 Å². The first kappa shape index (κ1) is 26.9. The van der Waals surface area contributed by atoms with Crippen LogP contribution in [-0.4, -0.2) is 43.9 Å². The normalized spacial score (nSPS) is 22.6. The maximum atomic E-state index is 13.3. The molecule has 0 bridgehead atoms. The van der Waals surface area contributed by atoms with Crippen molar-refractivity contribution < 1.29 is 14.0 Å². The molecule has 1 aliphatic carbocycles. The van der Waals surface area contributed by atoms with Gasteiger partial charge in [-0.05, 0) is 33.8 Å². The van der Waals surface area contributed by atoms with Crippen molar-refractivity contribution in [2.24, 2.45) is 0 Å². The van der Waals surface area contributed by atoms with Gasteiger partial charge in [0.2, 0.25) is 5.91 Å². The summed E-state index contributed by atoms with van der Waals surface area (Å²) in [6, 6.07) is 32.0. The minimum atomic E-state index is -2.70. The number of carbonyl (C=O) groups is 1. The number of likely N-dealkylation sites (tertiary alicyclic amines) is 1. The predicted molar refractivity (Wildman–Crippen MR) is 156 cm³/mol. The monoisotopic (exact) mass is 527 g/mol. The third-order valence-corrected chi connectivity index (χ3v) is 13.3. The van der Waals surface area contributed by atoms with Gasteiger partial charge < -0.3 is 14.1 Å². The van der Waals surface area contributed by atoms with Gasteiger partial charge in [-0.15, -0.1) is 0 Å². The lowest BCUT2D eigenvalue weighted by Crippen LogP contribution is -2.69. The van der Waals surface area contributed by atoms with Gasteiger partial charge in [-0.3, -0.25) is 4.79 Å². The fourth-order valence-electron chi connectivity index (χ4n) is 6.41. The van der Waals surface area contributed by atoms with Crippen molar-refractivity contribution >= 4 is 24.6 Å². The van der Waals surface area contributed by atoms with Gasteiger partial charge in [-0.25, -0.2) is 0 Å². The Labute approximate surface area is 229 Å². The van der Waals surface area contributed by atoms with E-state index in [1.165, 1.54) is 10.4 Å². The second-order valence-electron chi connectivity index (χ2n) is 11.8. The molecule has 0 unspecified atom stereocenters. The summed E-state index contributed by atoms with van der Waals surface area (Å²) in [5.41, 5.74) is 1.14. The third-order valence-electron chi connectivity index (χ3n) is 8.26. The molecule has 3 aromatic rings. The summed E-state index contributed by atoms with van der Waals surface area (Å²) in [6.07, 6.45) is 4.62. The highest BCUT2D eigenvalue weighted by Gasteiger charge is 2.53. The highest BCUT2D eigenvalue weighted by molar-refractivity contribution is 6.99. The third kappa shape index (κ3) is 5.51. The van der Waals surface area contributed by atoms with E-state index in [4.69, 9.17) is 9.16 Å². The van der Waals surface area contributed by atoms with Crippen molar-refractivity contribution in [1.82, 2.24) is 4.90 Å². The van der Waals surface area contributed by atoms with Gasteiger partial charge in [-0.1, -0.05) is 125 Å². The second kappa shape index (κ2) is 11.6. The summed E-state index contributed by atoms with van der Waals surface area (Å²) in [4.78, 5) is 15.4. The van der Waals surface area contributed by atoms with E-state index in [1.807, 2.05) is 18.2 Å². The van der Waals surface area contributed by atoms with Crippen LogP contribution >= 0.6 is 0 Å². The minimum absolute atomic E-state index is 0.00637. The molecule has 2 aliphatic rings. The molecule has 4 nitrogen and oxygen atoms in total. The molecule has 3 aromatic carbocycles. The summed E-state index contributed by atoms with van der Waals surface area (Å²) in [7, 11) is -2.70. The maximum absolute atomic E-state index is 13.3. The molecule has 0 N–H and O–H groups in total. The Morgan fingerprint density at radius 3 is 1.95 bits per heavy atom. The van der Waals surface area contributed by atoms with E-state index in [2.05, 4.69) is 98.5 Å². The lowest BCUT2D eigenvalue weighted by Gasteiger charge is -2.48. The van der Waals surface area contributed by atoms with E-state index in [0.717, 1.165) is 31.2 Å². The van der Waals surface area contributed by atoms with Gasteiger partial charge in [0.1, 0.15) is 0 Å². The van der Waals surface area contributed by atoms with Crippen LogP contribution < -0.4 is 10.4 Å². The lowest BCUT2D eigenvalue weighted by molar-refractivity contribution is -0.132. The smallest absolute Gasteiger partial charge is 0.261 e. The van der Waals surface area contributed by atoms with Crippen LogP contribution in [-0.2, 0) is 20.6 Å². The number of hydrogen-bond acceptors (Lipinski definition) is 3. The summed E-state index contributed by atoms with van der Waals surface area (Å²) >= 11 is 0. The summed E-state index contributed by atoms with van der Waals surface area (Å²) in [5, 5.41) is 2.49. The van der Waals surface area contributed by atoms with Crippen LogP contribution in [0.2, 0.25) is 5.04 Å². The number of ether oxygens (including phenoxy) is 1. The fraction of sp³-hybridized carbons (Fsp3) is 0.424. The molecule has 2 fully saturated rings. The molecule has 5 heteroatoms. The van der Waals surface area contributed by atoms with Gasteiger partial charge in [0, 0.05) is 6.54 Å². The minimum Gasteiger partial charge on any atom is -0.402 e. The number of hydrogen-bond donors (Lipinski definition) is 0. The molecule has 0 spiro atoms. The van der Waals surface area contributed by atoms with Gasteiger partial charge in [0.15, 0.2) is 0 Å². The molecule has 3 atom stereocenters. The fourth-order valence-corrected chi connectivity index (χ4v) is 11.2. The molecule has 1 saturated heterocycles. The zero-order valence-electron chi connectivity index (χ0n) is 23.0. The Hall–Kier alpha value is -2.73. The Bertz CT molecular complexity index is 1140. The van der Waals surface area contributed by atoms with E-state index in [0.29, 0.717) is 19.6 Å². The molecule has 1 saturated carbocycles. The SMILES string of the molecule is CC(C)(C)[Si](O[C@H]1CCCC[C@@H]1N1C[C@H](OCc2ccccc2)CC1=O)(c1ccccc1)c1ccccc1. The molecule has 200 valence electrons. The Kier molecular flexibility index (Phi) is 8.17. The van der Waals surface area contributed by atoms with Crippen LogP contribution in [0.1, 0.15) is 58.4 Å². The van der Waals surface area contributed by atoms with Crippen LogP contribution in [0.4, 0.5) is 0 Å². The van der Waals surface area contributed by atoms with Crippen molar-refractivity contribution in [3.05, 3.63) is 96.6 Å². The summed E-state index contributed by atoms with van der Waals surface area (Å²) in [5.74, 6) is 0.200. The van der Waals surface area contributed by atoms with Gasteiger partial charge in [0.25, 0.3) is 8.32 Å². The average Bonchev–Trinajstić information content (AvgIpc) is 3.31. The number of benzene rings is 3. The first-order valence-corrected chi connectivity index (χ1v) is 16.0. The molecule has 1 amide bonds. The molecular formula is C33H41NO3Si. The van der Waals surface area contributed by atoms with E-state index in [9.17, 15) is 4.79 Å². The van der Waals surface area contributed by atoms with Crippen LogP contribution in [0.25, 0.3) is 0 Å². The number of nitrogens with zero attached hydrogens (tertiary/aromatic N) is 1. The zero-order chi connectivity index (χ0) is 26.6. The predicted octanol–water partition coefficient (Wildman–Crippen LogP) is 5.69. The summed E-state index contributed by atoms with van der Waals surface area (Å²) in [6.45, 7) is 8.17. The first-order chi connectivity index (χ1) is 18.4. The van der Waals surface area contributed by atoms with Crippen LogP contribution in [0, 0.1) is 0 Å². The topological polar surface area (TPSA) is 38.8 Å². The quantitative estimate of drug-likeness (QED) is 0.353. The molecule has 1 aliphatic heterocycles. The van der Waals surface area contributed by atoms with E-state index in [1.54, 1.807) is 0 Å². The van der Waals surface area contributed by atoms with Crippen LogP contribution in [0.3, 0.4) is 0 Å². The van der Waals surface area contributed by atoms with Crippen LogP contribution in [0.15, 0.2) is 91.0 Å². The zero-order valence-corrected chi connectivity index (χ0v) is 24.0. The molecule has 1 heterocycles.